The highest BCUT2D eigenvalue weighted by Crippen LogP contribution is 2.26. The van der Waals surface area contributed by atoms with Crippen LogP contribution in [0.4, 0.5) is 5.82 Å². The topological polar surface area (TPSA) is 70.6 Å². The maximum atomic E-state index is 9.85. The van der Waals surface area contributed by atoms with Gasteiger partial charge in [-0.3, -0.25) is 0 Å². The SMILES string of the molecule is OC(O)c1cn(-c2ccccc2)nc1N=C(c1ccccc1)c1ccccc1. The van der Waals surface area contributed by atoms with Crippen LogP contribution in [0.5, 0.6) is 0 Å². The molecule has 0 saturated heterocycles. The number of hydrogen-bond acceptors (Lipinski definition) is 4. The summed E-state index contributed by atoms with van der Waals surface area (Å²) in [7, 11) is 0. The third-order valence-corrected chi connectivity index (χ3v) is 4.33. The lowest BCUT2D eigenvalue weighted by molar-refractivity contribution is -0.0420. The number of aliphatic imine (C=N–C) groups is 1. The highest BCUT2D eigenvalue weighted by atomic mass is 16.5. The molecule has 0 aliphatic carbocycles. The molecule has 0 saturated carbocycles. The van der Waals surface area contributed by atoms with E-state index in [1.54, 1.807) is 10.9 Å². The molecule has 5 heteroatoms. The molecule has 0 radical (unpaired) electrons. The number of hydrogen-bond donors (Lipinski definition) is 2. The fourth-order valence-electron chi connectivity index (χ4n) is 2.95. The minimum Gasteiger partial charge on any atom is -0.364 e. The summed E-state index contributed by atoms with van der Waals surface area (Å²) >= 11 is 0. The predicted molar refractivity (Wildman–Crippen MR) is 109 cm³/mol. The minimum atomic E-state index is -1.68. The van der Waals surface area contributed by atoms with Crippen molar-refractivity contribution in [3.8, 4) is 5.69 Å². The van der Waals surface area contributed by atoms with Gasteiger partial charge in [0.15, 0.2) is 12.1 Å². The summed E-state index contributed by atoms with van der Waals surface area (Å²) in [5, 5.41) is 24.2. The van der Waals surface area contributed by atoms with Crippen LogP contribution in [0.15, 0.2) is 102 Å². The molecule has 2 N–H and O–H groups in total. The van der Waals surface area contributed by atoms with Crippen molar-refractivity contribution >= 4 is 11.5 Å². The monoisotopic (exact) mass is 369 g/mol. The molecule has 4 rings (SSSR count). The van der Waals surface area contributed by atoms with Crippen LogP contribution in [0, 0.1) is 0 Å². The zero-order valence-electron chi connectivity index (χ0n) is 15.1. The molecule has 1 heterocycles. The van der Waals surface area contributed by atoms with Crippen LogP contribution in [0.3, 0.4) is 0 Å². The number of aliphatic hydroxyl groups is 2. The van der Waals surface area contributed by atoms with Gasteiger partial charge in [0.05, 0.1) is 17.0 Å². The van der Waals surface area contributed by atoms with E-state index in [2.05, 4.69) is 5.10 Å². The molecular formula is C23H19N3O2. The molecule has 0 bridgehead atoms. The normalized spacial score (nSPS) is 10.8. The molecule has 0 amide bonds. The average molecular weight is 369 g/mol. The van der Waals surface area contributed by atoms with Gasteiger partial charge < -0.3 is 10.2 Å². The van der Waals surface area contributed by atoms with Gasteiger partial charge in [0.2, 0.25) is 0 Å². The average Bonchev–Trinajstić information content (AvgIpc) is 3.18. The molecule has 28 heavy (non-hydrogen) atoms. The zero-order chi connectivity index (χ0) is 19.3. The molecule has 0 unspecified atom stereocenters. The fourth-order valence-corrected chi connectivity index (χ4v) is 2.95. The minimum absolute atomic E-state index is 0.244. The van der Waals surface area contributed by atoms with E-state index in [4.69, 9.17) is 4.99 Å². The van der Waals surface area contributed by atoms with Gasteiger partial charge in [0.25, 0.3) is 0 Å². The first-order chi connectivity index (χ1) is 13.7. The van der Waals surface area contributed by atoms with E-state index in [1.807, 2.05) is 91.0 Å². The summed E-state index contributed by atoms with van der Waals surface area (Å²) in [6, 6.07) is 29.0. The Balaban J connectivity index is 1.88. The van der Waals surface area contributed by atoms with Gasteiger partial charge in [0, 0.05) is 17.3 Å². The van der Waals surface area contributed by atoms with E-state index in [0.29, 0.717) is 5.71 Å². The fraction of sp³-hybridized carbons (Fsp3) is 0.0435. The molecule has 3 aromatic carbocycles. The number of aromatic nitrogens is 2. The molecule has 1 aromatic heterocycles. The van der Waals surface area contributed by atoms with Crippen molar-refractivity contribution in [2.45, 2.75) is 6.29 Å². The lowest BCUT2D eigenvalue weighted by Crippen LogP contribution is -2.03. The van der Waals surface area contributed by atoms with Gasteiger partial charge in [-0.2, -0.15) is 0 Å². The van der Waals surface area contributed by atoms with Crippen molar-refractivity contribution in [2.75, 3.05) is 0 Å². The lowest BCUT2D eigenvalue weighted by atomic mass is 10.0. The molecule has 4 aromatic rings. The van der Waals surface area contributed by atoms with Gasteiger partial charge in [-0.15, -0.1) is 5.10 Å². The standard InChI is InChI=1S/C23H19N3O2/c27-23(28)20-16-26(19-14-8-3-9-15-19)25-22(20)24-21(17-10-4-1-5-11-17)18-12-6-2-7-13-18/h1-16,23,27-28H. The largest absolute Gasteiger partial charge is 0.364 e. The first kappa shape index (κ1) is 17.9. The van der Waals surface area contributed by atoms with Crippen molar-refractivity contribution in [3.05, 3.63) is 114 Å². The van der Waals surface area contributed by atoms with Gasteiger partial charge >= 0.3 is 0 Å². The number of nitrogens with zero attached hydrogens (tertiary/aromatic N) is 3. The maximum Gasteiger partial charge on any atom is 0.183 e. The Kier molecular flexibility index (Phi) is 5.10. The highest BCUT2D eigenvalue weighted by molar-refractivity contribution is 6.13. The lowest BCUT2D eigenvalue weighted by Gasteiger charge is -2.08. The maximum absolute atomic E-state index is 9.85. The summed E-state index contributed by atoms with van der Waals surface area (Å²) in [4.78, 5) is 4.73. The highest BCUT2D eigenvalue weighted by Gasteiger charge is 2.17. The number of para-hydroxylation sites is 1. The van der Waals surface area contributed by atoms with Crippen LogP contribution < -0.4 is 0 Å². The predicted octanol–water partition coefficient (Wildman–Crippen LogP) is 4.02. The molecular weight excluding hydrogens is 350 g/mol. The first-order valence-electron chi connectivity index (χ1n) is 8.93. The molecule has 0 aliphatic rings. The first-order valence-corrected chi connectivity index (χ1v) is 8.93. The zero-order valence-corrected chi connectivity index (χ0v) is 15.1. The summed E-state index contributed by atoms with van der Waals surface area (Å²) in [6.45, 7) is 0. The van der Waals surface area contributed by atoms with Gasteiger partial charge in [-0.1, -0.05) is 78.9 Å². The van der Waals surface area contributed by atoms with Crippen LogP contribution >= 0.6 is 0 Å². The Bertz CT molecular complexity index is 1030. The summed E-state index contributed by atoms with van der Waals surface area (Å²) in [5.74, 6) is 0.265. The molecule has 0 spiro atoms. The molecule has 0 atom stereocenters. The summed E-state index contributed by atoms with van der Waals surface area (Å²) in [5.41, 5.74) is 3.60. The Morgan fingerprint density at radius 1 is 0.750 bits per heavy atom. The van der Waals surface area contributed by atoms with E-state index in [-0.39, 0.29) is 11.4 Å². The van der Waals surface area contributed by atoms with Gasteiger partial charge in [0.1, 0.15) is 0 Å². The van der Waals surface area contributed by atoms with Crippen molar-refractivity contribution in [1.29, 1.82) is 0 Å². The van der Waals surface area contributed by atoms with E-state index < -0.39 is 6.29 Å². The van der Waals surface area contributed by atoms with Gasteiger partial charge in [-0.25, -0.2) is 9.67 Å². The molecule has 138 valence electrons. The molecule has 5 nitrogen and oxygen atoms in total. The Hall–Kier alpha value is -3.54. The van der Waals surface area contributed by atoms with Crippen molar-refractivity contribution in [1.82, 2.24) is 9.78 Å². The van der Waals surface area contributed by atoms with E-state index >= 15 is 0 Å². The number of rotatable bonds is 5. The number of aliphatic hydroxyl groups excluding tert-OH is 1. The van der Waals surface area contributed by atoms with Crippen LogP contribution in [0.25, 0.3) is 5.69 Å². The van der Waals surface area contributed by atoms with Crippen molar-refractivity contribution < 1.29 is 10.2 Å². The smallest absolute Gasteiger partial charge is 0.183 e. The second-order valence-electron chi connectivity index (χ2n) is 6.25. The third kappa shape index (κ3) is 3.76. The summed E-state index contributed by atoms with van der Waals surface area (Å²) in [6.07, 6.45) is -0.0871. The third-order valence-electron chi connectivity index (χ3n) is 4.33. The summed E-state index contributed by atoms with van der Waals surface area (Å²) < 4.78 is 1.60. The molecule has 0 fully saturated rings. The van der Waals surface area contributed by atoms with E-state index in [0.717, 1.165) is 16.8 Å². The van der Waals surface area contributed by atoms with Crippen LogP contribution in [-0.2, 0) is 0 Å². The Labute approximate surface area is 162 Å². The molecule has 0 aliphatic heterocycles. The quantitative estimate of drug-likeness (QED) is 0.412. The van der Waals surface area contributed by atoms with Crippen molar-refractivity contribution in [3.63, 3.8) is 0 Å². The van der Waals surface area contributed by atoms with Crippen LogP contribution in [0.1, 0.15) is 23.0 Å². The Morgan fingerprint density at radius 2 is 1.25 bits per heavy atom. The Morgan fingerprint density at radius 3 is 1.75 bits per heavy atom. The van der Waals surface area contributed by atoms with Gasteiger partial charge in [-0.05, 0) is 12.1 Å². The number of benzene rings is 3. The second kappa shape index (κ2) is 8.00. The van der Waals surface area contributed by atoms with E-state index in [1.165, 1.54) is 0 Å². The van der Waals surface area contributed by atoms with E-state index in [9.17, 15) is 10.2 Å². The van der Waals surface area contributed by atoms with Crippen LogP contribution in [0.2, 0.25) is 0 Å². The van der Waals surface area contributed by atoms with Crippen molar-refractivity contribution in [2.24, 2.45) is 4.99 Å². The second-order valence-corrected chi connectivity index (χ2v) is 6.25. The van der Waals surface area contributed by atoms with Crippen LogP contribution in [-0.4, -0.2) is 25.7 Å².